The van der Waals surface area contributed by atoms with E-state index in [4.69, 9.17) is 4.74 Å². The summed E-state index contributed by atoms with van der Waals surface area (Å²) >= 11 is 0. The molecule has 0 bridgehead atoms. The van der Waals surface area contributed by atoms with Gasteiger partial charge in [-0.05, 0) is 57.2 Å². The molecule has 0 amide bonds. The smallest absolute Gasteiger partial charge is 0.181 e. The molecular weight excluding hydrogens is 318 g/mol. The lowest BCUT2D eigenvalue weighted by atomic mass is 10.1. The number of likely N-dealkylation sites (tertiary alicyclic amines) is 1. The molecule has 2 aromatic heterocycles. The van der Waals surface area contributed by atoms with Gasteiger partial charge < -0.3 is 9.64 Å². The molecule has 3 heterocycles. The standard InChI is InChI=1S/C17H21N7O/c1-23-9-7-13(8-10-23)24-11-15(19-22-24)17-18-16(20-21-17)12-3-5-14(25-2)6-4-12/h3-6,11,13H,7-10H2,1-2H3,(H,18,20,21). The Morgan fingerprint density at radius 1 is 1.16 bits per heavy atom. The van der Waals surface area contributed by atoms with E-state index in [9.17, 15) is 0 Å². The second kappa shape index (κ2) is 6.64. The summed E-state index contributed by atoms with van der Waals surface area (Å²) in [5.41, 5.74) is 1.64. The zero-order chi connectivity index (χ0) is 17.2. The molecule has 8 heteroatoms. The zero-order valence-electron chi connectivity index (χ0n) is 14.4. The van der Waals surface area contributed by atoms with Crippen molar-refractivity contribution < 1.29 is 4.74 Å². The van der Waals surface area contributed by atoms with Crippen LogP contribution in [0.2, 0.25) is 0 Å². The van der Waals surface area contributed by atoms with Gasteiger partial charge in [0, 0.05) is 5.56 Å². The van der Waals surface area contributed by atoms with Crippen LogP contribution in [0.15, 0.2) is 30.5 Å². The zero-order valence-corrected chi connectivity index (χ0v) is 14.4. The Morgan fingerprint density at radius 3 is 2.64 bits per heavy atom. The van der Waals surface area contributed by atoms with E-state index in [1.165, 1.54) is 0 Å². The van der Waals surface area contributed by atoms with E-state index >= 15 is 0 Å². The fourth-order valence-corrected chi connectivity index (χ4v) is 3.07. The molecule has 1 saturated heterocycles. The lowest BCUT2D eigenvalue weighted by Crippen LogP contribution is -2.31. The topological polar surface area (TPSA) is 84.8 Å². The number of rotatable bonds is 4. The van der Waals surface area contributed by atoms with Crippen molar-refractivity contribution in [3.8, 4) is 28.7 Å². The van der Waals surface area contributed by atoms with Gasteiger partial charge in [-0.25, -0.2) is 9.67 Å². The lowest BCUT2D eigenvalue weighted by Gasteiger charge is -2.28. The summed E-state index contributed by atoms with van der Waals surface area (Å²) in [5, 5.41) is 15.8. The Labute approximate surface area is 145 Å². The van der Waals surface area contributed by atoms with Crippen molar-refractivity contribution in [1.82, 2.24) is 35.1 Å². The molecule has 0 atom stereocenters. The van der Waals surface area contributed by atoms with E-state index in [1.54, 1.807) is 7.11 Å². The normalized spacial score (nSPS) is 16.2. The average molecular weight is 339 g/mol. The second-order valence-electron chi connectivity index (χ2n) is 6.35. The monoisotopic (exact) mass is 339 g/mol. The summed E-state index contributed by atoms with van der Waals surface area (Å²) in [7, 11) is 3.80. The third-order valence-electron chi connectivity index (χ3n) is 4.65. The minimum Gasteiger partial charge on any atom is -0.497 e. The van der Waals surface area contributed by atoms with Crippen molar-refractivity contribution in [3.05, 3.63) is 30.5 Å². The number of H-pyrrole nitrogens is 1. The highest BCUT2D eigenvalue weighted by Gasteiger charge is 2.20. The fraction of sp³-hybridized carbons (Fsp3) is 0.412. The first kappa shape index (κ1) is 15.8. The molecule has 1 N–H and O–H groups in total. The van der Waals surface area contributed by atoms with Crippen LogP contribution in [0.4, 0.5) is 0 Å². The van der Waals surface area contributed by atoms with Crippen molar-refractivity contribution in [1.29, 1.82) is 0 Å². The predicted molar refractivity (Wildman–Crippen MR) is 93.2 cm³/mol. The number of aromatic amines is 1. The summed E-state index contributed by atoms with van der Waals surface area (Å²) in [6.45, 7) is 2.17. The summed E-state index contributed by atoms with van der Waals surface area (Å²) < 4.78 is 7.13. The van der Waals surface area contributed by atoms with E-state index in [2.05, 4.69) is 37.4 Å². The Balaban J connectivity index is 1.52. The van der Waals surface area contributed by atoms with Crippen molar-refractivity contribution in [2.24, 2.45) is 0 Å². The predicted octanol–water partition coefficient (Wildman–Crippen LogP) is 2.01. The Kier molecular flexibility index (Phi) is 4.19. The number of hydrogen-bond acceptors (Lipinski definition) is 6. The van der Waals surface area contributed by atoms with Crippen molar-refractivity contribution >= 4 is 0 Å². The highest BCUT2D eigenvalue weighted by molar-refractivity contribution is 5.59. The van der Waals surface area contributed by atoms with Crippen LogP contribution in [0.1, 0.15) is 18.9 Å². The molecule has 3 aromatic rings. The van der Waals surface area contributed by atoms with Crippen LogP contribution in [0.3, 0.4) is 0 Å². The number of methoxy groups -OCH3 is 1. The minimum absolute atomic E-state index is 0.404. The molecule has 1 aromatic carbocycles. The van der Waals surface area contributed by atoms with Crippen molar-refractivity contribution in [2.75, 3.05) is 27.2 Å². The number of nitrogens with one attached hydrogen (secondary N) is 1. The van der Waals surface area contributed by atoms with Crippen LogP contribution in [0.25, 0.3) is 22.9 Å². The quantitative estimate of drug-likeness (QED) is 0.783. The van der Waals surface area contributed by atoms with Gasteiger partial charge in [0.25, 0.3) is 0 Å². The minimum atomic E-state index is 0.404. The average Bonchev–Trinajstić information content (AvgIpc) is 3.32. The van der Waals surface area contributed by atoms with Gasteiger partial charge in [-0.1, -0.05) is 5.21 Å². The van der Waals surface area contributed by atoms with Gasteiger partial charge in [0.1, 0.15) is 11.4 Å². The number of piperidine rings is 1. The summed E-state index contributed by atoms with van der Waals surface area (Å²) in [6, 6.07) is 8.05. The van der Waals surface area contributed by atoms with E-state index in [0.717, 1.165) is 37.2 Å². The summed E-state index contributed by atoms with van der Waals surface area (Å²) in [5.74, 6) is 2.07. The maximum atomic E-state index is 5.17. The van der Waals surface area contributed by atoms with Gasteiger partial charge in [0.2, 0.25) is 0 Å². The van der Waals surface area contributed by atoms with Gasteiger partial charge in [0.15, 0.2) is 11.6 Å². The molecule has 0 unspecified atom stereocenters. The molecule has 0 radical (unpaired) electrons. The summed E-state index contributed by atoms with van der Waals surface area (Å²) in [6.07, 6.45) is 4.13. The molecule has 0 spiro atoms. The molecule has 0 saturated carbocycles. The van der Waals surface area contributed by atoms with E-state index in [0.29, 0.717) is 23.4 Å². The van der Waals surface area contributed by atoms with Crippen molar-refractivity contribution in [3.63, 3.8) is 0 Å². The van der Waals surface area contributed by atoms with Crippen LogP contribution in [0.5, 0.6) is 5.75 Å². The first-order valence-corrected chi connectivity index (χ1v) is 8.40. The lowest BCUT2D eigenvalue weighted by molar-refractivity contribution is 0.210. The molecule has 1 fully saturated rings. The van der Waals surface area contributed by atoms with Gasteiger partial charge in [-0.15, -0.1) is 5.10 Å². The Hall–Kier alpha value is -2.74. The Morgan fingerprint density at radius 2 is 1.92 bits per heavy atom. The third-order valence-corrected chi connectivity index (χ3v) is 4.65. The maximum absolute atomic E-state index is 5.17. The Bertz CT molecular complexity index is 831. The van der Waals surface area contributed by atoms with Crippen LogP contribution in [-0.2, 0) is 0 Å². The third kappa shape index (κ3) is 3.25. The molecular formula is C17H21N7O. The van der Waals surface area contributed by atoms with Crippen LogP contribution >= 0.6 is 0 Å². The number of aromatic nitrogens is 6. The first-order chi connectivity index (χ1) is 12.2. The molecule has 1 aliphatic rings. The highest BCUT2D eigenvalue weighted by Crippen LogP contribution is 2.24. The number of nitrogens with zero attached hydrogens (tertiary/aromatic N) is 6. The van der Waals surface area contributed by atoms with Crippen LogP contribution in [-0.4, -0.2) is 62.3 Å². The largest absolute Gasteiger partial charge is 0.497 e. The van der Waals surface area contributed by atoms with E-state index in [1.807, 2.05) is 35.1 Å². The fourth-order valence-electron chi connectivity index (χ4n) is 3.07. The van der Waals surface area contributed by atoms with Crippen molar-refractivity contribution in [2.45, 2.75) is 18.9 Å². The second-order valence-corrected chi connectivity index (χ2v) is 6.35. The molecule has 8 nitrogen and oxygen atoms in total. The molecule has 0 aliphatic carbocycles. The SMILES string of the molecule is COc1ccc(-c2n[nH]c(-c3cn(C4CCN(C)CC4)nn3)n2)cc1. The molecule has 25 heavy (non-hydrogen) atoms. The van der Waals surface area contributed by atoms with E-state index in [-0.39, 0.29) is 0 Å². The molecule has 4 rings (SSSR count). The highest BCUT2D eigenvalue weighted by atomic mass is 16.5. The van der Waals surface area contributed by atoms with Crippen LogP contribution in [0, 0.1) is 0 Å². The maximum Gasteiger partial charge on any atom is 0.181 e. The van der Waals surface area contributed by atoms with Gasteiger partial charge in [-0.2, -0.15) is 5.10 Å². The van der Waals surface area contributed by atoms with Crippen LogP contribution < -0.4 is 4.74 Å². The number of benzene rings is 1. The van der Waals surface area contributed by atoms with E-state index < -0.39 is 0 Å². The number of hydrogen-bond donors (Lipinski definition) is 1. The number of ether oxygens (including phenoxy) is 1. The summed E-state index contributed by atoms with van der Waals surface area (Å²) in [4.78, 5) is 6.88. The van der Waals surface area contributed by atoms with Gasteiger partial charge >= 0.3 is 0 Å². The first-order valence-electron chi connectivity index (χ1n) is 8.40. The van der Waals surface area contributed by atoms with Gasteiger partial charge in [0.05, 0.1) is 19.3 Å². The molecule has 130 valence electrons. The molecule has 1 aliphatic heterocycles. The van der Waals surface area contributed by atoms with Gasteiger partial charge in [-0.3, -0.25) is 5.10 Å².